The predicted molar refractivity (Wildman–Crippen MR) is 67.8 cm³/mol. The summed E-state index contributed by atoms with van der Waals surface area (Å²) < 4.78 is 38.0. The maximum absolute atomic E-state index is 12.7. The Balaban J connectivity index is 3.10. The van der Waals surface area contributed by atoms with Crippen LogP contribution in [-0.2, 0) is 9.59 Å². The minimum Gasteiger partial charge on any atom is -0.340 e. The number of piperazine rings is 1. The van der Waals surface area contributed by atoms with Gasteiger partial charge in [0.2, 0.25) is 11.8 Å². The largest absolute Gasteiger partial charge is 0.406 e. The fourth-order valence-corrected chi connectivity index (χ4v) is 2.30. The van der Waals surface area contributed by atoms with Gasteiger partial charge in [-0.2, -0.15) is 13.2 Å². The van der Waals surface area contributed by atoms with Crippen LogP contribution in [-0.4, -0.2) is 41.0 Å². The average molecular weight is 294 g/mol. The number of hydrogen-bond acceptors (Lipinski definition) is 2. The summed E-state index contributed by atoms with van der Waals surface area (Å²) in [5.74, 6) is -1.16. The van der Waals surface area contributed by atoms with Gasteiger partial charge in [-0.15, -0.1) is 0 Å². The van der Waals surface area contributed by atoms with E-state index in [1.807, 2.05) is 0 Å². The molecule has 0 aromatic carbocycles. The summed E-state index contributed by atoms with van der Waals surface area (Å²) in [6, 6.07) is -1.05. The van der Waals surface area contributed by atoms with Crippen LogP contribution in [0.4, 0.5) is 13.2 Å². The van der Waals surface area contributed by atoms with Crippen molar-refractivity contribution in [1.29, 1.82) is 0 Å². The summed E-state index contributed by atoms with van der Waals surface area (Å²) in [5, 5.41) is 2.57. The molecule has 1 aliphatic heterocycles. The average Bonchev–Trinajstić information content (AvgIpc) is 2.29. The summed E-state index contributed by atoms with van der Waals surface area (Å²) in [5.41, 5.74) is -1.25. The van der Waals surface area contributed by atoms with Gasteiger partial charge in [-0.3, -0.25) is 9.59 Å². The molecular formula is C13H21F3N2O2. The molecule has 0 spiro atoms. The molecule has 1 rings (SSSR count). The predicted octanol–water partition coefficient (Wildman–Crippen LogP) is 2.09. The fourth-order valence-electron chi connectivity index (χ4n) is 2.30. The highest BCUT2D eigenvalue weighted by molar-refractivity contribution is 5.99. The molecule has 0 bridgehead atoms. The second-order valence-corrected chi connectivity index (χ2v) is 5.87. The molecule has 1 fully saturated rings. The van der Waals surface area contributed by atoms with Crippen molar-refractivity contribution >= 4 is 11.8 Å². The Labute approximate surface area is 116 Å². The van der Waals surface area contributed by atoms with Crippen LogP contribution >= 0.6 is 0 Å². The van der Waals surface area contributed by atoms with Crippen molar-refractivity contribution in [3.05, 3.63) is 0 Å². The molecule has 1 N–H and O–H groups in total. The second-order valence-electron chi connectivity index (χ2n) is 5.87. The molecule has 2 atom stereocenters. The van der Waals surface area contributed by atoms with Crippen molar-refractivity contribution < 1.29 is 22.8 Å². The second kappa shape index (κ2) is 5.61. The zero-order valence-corrected chi connectivity index (χ0v) is 12.2. The Morgan fingerprint density at radius 2 is 1.90 bits per heavy atom. The van der Waals surface area contributed by atoms with Crippen molar-refractivity contribution in [2.45, 2.75) is 58.3 Å². The molecule has 2 amide bonds. The van der Waals surface area contributed by atoms with Gasteiger partial charge in [-0.05, 0) is 25.7 Å². The van der Waals surface area contributed by atoms with Gasteiger partial charge in [0.15, 0.2) is 0 Å². The van der Waals surface area contributed by atoms with Crippen LogP contribution < -0.4 is 5.32 Å². The Hall–Kier alpha value is -1.27. The van der Waals surface area contributed by atoms with Crippen molar-refractivity contribution in [3.63, 3.8) is 0 Å². The number of carbonyl (C=O) groups is 2. The number of nitrogens with zero attached hydrogens (tertiary/aromatic N) is 1. The van der Waals surface area contributed by atoms with E-state index in [4.69, 9.17) is 0 Å². The zero-order valence-electron chi connectivity index (χ0n) is 12.2. The van der Waals surface area contributed by atoms with E-state index in [-0.39, 0.29) is 18.8 Å². The van der Waals surface area contributed by atoms with E-state index >= 15 is 0 Å². The third kappa shape index (κ3) is 3.64. The number of hydrogen-bond donors (Lipinski definition) is 1. The SMILES string of the molecule is CCC1(C)NC(=O)C(CC(C)C)N(CC(F)(F)F)C1=O. The minimum absolute atomic E-state index is 0.0141. The highest BCUT2D eigenvalue weighted by Crippen LogP contribution is 2.28. The fraction of sp³-hybridized carbons (Fsp3) is 0.846. The molecular weight excluding hydrogens is 273 g/mol. The highest BCUT2D eigenvalue weighted by Gasteiger charge is 2.50. The maximum Gasteiger partial charge on any atom is 0.406 e. The van der Waals surface area contributed by atoms with Crippen LogP contribution in [0.2, 0.25) is 0 Å². The molecule has 1 saturated heterocycles. The third-order valence-corrected chi connectivity index (χ3v) is 3.56. The molecule has 20 heavy (non-hydrogen) atoms. The van der Waals surface area contributed by atoms with Gasteiger partial charge in [0.25, 0.3) is 0 Å². The lowest BCUT2D eigenvalue weighted by Gasteiger charge is -2.44. The summed E-state index contributed by atoms with van der Waals surface area (Å²) in [4.78, 5) is 25.1. The monoisotopic (exact) mass is 294 g/mol. The first-order valence-electron chi connectivity index (χ1n) is 6.70. The van der Waals surface area contributed by atoms with E-state index in [0.29, 0.717) is 4.90 Å². The molecule has 0 aromatic rings. The first-order chi connectivity index (χ1) is 9.00. The molecule has 1 heterocycles. The molecule has 0 radical (unpaired) electrons. The molecule has 1 aliphatic rings. The first-order valence-corrected chi connectivity index (χ1v) is 6.70. The van der Waals surface area contributed by atoms with Crippen LogP contribution in [0, 0.1) is 5.92 Å². The molecule has 116 valence electrons. The summed E-state index contributed by atoms with van der Waals surface area (Å²) in [7, 11) is 0. The standard InChI is InChI=1S/C13H21F3N2O2/c1-5-12(4)11(20)18(7-13(14,15)16)9(6-8(2)3)10(19)17-12/h8-9H,5-7H2,1-4H3,(H,17,19). The number of amides is 2. The van der Waals surface area contributed by atoms with E-state index in [0.717, 1.165) is 0 Å². The van der Waals surface area contributed by atoms with Gasteiger partial charge >= 0.3 is 6.18 Å². The topological polar surface area (TPSA) is 49.4 Å². The van der Waals surface area contributed by atoms with E-state index in [9.17, 15) is 22.8 Å². The highest BCUT2D eigenvalue weighted by atomic mass is 19.4. The lowest BCUT2D eigenvalue weighted by atomic mass is 9.89. The van der Waals surface area contributed by atoms with E-state index in [1.54, 1.807) is 20.8 Å². The quantitative estimate of drug-likeness (QED) is 0.863. The first kappa shape index (κ1) is 16.8. The van der Waals surface area contributed by atoms with Gasteiger partial charge in [-0.25, -0.2) is 0 Å². The molecule has 0 aliphatic carbocycles. The Morgan fingerprint density at radius 3 is 2.30 bits per heavy atom. The van der Waals surface area contributed by atoms with Crippen LogP contribution in [0.3, 0.4) is 0 Å². The summed E-state index contributed by atoms with van der Waals surface area (Å²) in [6.07, 6.45) is -4.05. The summed E-state index contributed by atoms with van der Waals surface area (Å²) >= 11 is 0. The Morgan fingerprint density at radius 1 is 1.35 bits per heavy atom. The van der Waals surface area contributed by atoms with Gasteiger partial charge < -0.3 is 10.2 Å². The van der Waals surface area contributed by atoms with Crippen LogP contribution in [0.25, 0.3) is 0 Å². The van der Waals surface area contributed by atoms with Crippen LogP contribution in [0.1, 0.15) is 40.5 Å². The summed E-state index contributed by atoms with van der Waals surface area (Å²) in [6.45, 7) is 5.34. The van der Waals surface area contributed by atoms with E-state index < -0.39 is 36.1 Å². The smallest absolute Gasteiger partial charge is 0.340 e. The lowest BCUT2D eigenvalue weighted by Crippen LogP contribution is -2.70. The van der Waals surface area contributed by atoms with Crippen LogP contribution in [0.5, 0.6) is 0 Å². The van der Waals surface area contributed by atoms with E-state index in [1.165, 1.54) is 6.92 Å². The molecule has 4 nitrogen and oxygen atoms in total. The van der Waals surface area contributed by atoms with Gasteiger partial charge in [0, 0.05) is 0 Å². The lowest BCUT2D eigenvalue weighted by molar-refractivity contribution is -0.178. The number of nitrogens with one attached hydrogen (secondary N) is 1. The number of rotatable bonds is 4. The van der Waals surface area contributed by atoms with Crippen molar-refractivity contribution in [2.24, 2.45) is 5.92 Å². The van der Waals surface area contributed by atoms with Crippen molar-refractivity contribution in [3.8, 4) is 0 Å². The van der Waals surface area contributed by atoms with Crippen LogP contribution in [0.15, 0.2) is 0 Å². The molecule has 7 heteroatoms. The van der Waals surface area contributed by atoms with Gasteiger partial charge in [0.1, 0.15) is 18.1 Å². The molecule has 2 unspecified atom stereocenters. The zero-order chi connectivity index (χ0) is 15.7. The number of alkyl halides is 3. The molecule has 0 saturated carbocycles. The number of halogens is 3. The van der Waals surface area contributed by atoms with Gasteiger partial charge in [0.05, 0.1) is 0 Å². The van der Waals surface area contributed by atoms with E-state index in [2.05, 4.69) is 5.32 Å². The minimum atomic E-state index is -4.52. The Kier molecular flexibility index (Phi) is 4.71. The van der Waals surface area contributed by atoms with Crippen molar-refractivity contribution in [1.82, 2.24) is 10.2 Å². The Bertz CT molecular complexity index is 396. The third-order valence-electron chi connectivity index (χ3n) is 3.56. The number of carbonyl (C=O) groups excluding carboxylic acids is 2. The van der Waals surface area contributed by atoms with Crippen molar-refractivity contribution in [2.75, 3.05) is 6.54 Å². The maximum atomic E-state index is 12.7. The van der Waals surface area contributed by atoms with Gasteiger partial charge in [-0.1, -0.05) is 20.8 Å². The molecule has 0 aromatic heterocycles. The normalized spacial score (nSPS) is 28.0.